The molecule has 1 amide bonds. The Bertz CT molecular complexity index is 907. The first kappa shape index (κ1) is 17.4. The number of halogens is 1. The lowest BCUT2D eigenvalue weighted by atomic mass is 10.2. The zero-order valence-corrected chi connectivity index (χ0v) is 15.4. The molecule has 0 bridgehead atoms. The van der Waals surface area contributed by atoms with Gasteiger partial charge in [0, 0.05) is 16.7 Å². The van der Waals surface area contributed by atoms with E-state index >= 15 is 0 Å². The van der Waals surface area contributed by atoms with E-state index in [4.69, 9.17) is 5.11 Å². The van der Waals surface area contributed by atoms with E-state index in [2.05, 4.69) is 31.5 Å². The second kappa shape index (κ2) is 7.67. The first-order valence-electron chi connectivity index (χ1n) is 7.94. The van der Waals surface area contributed by atoms with Gasteiger partial charge in [0.1, 0.15) is 6.54 Å². The van der Waals surface area contributed by atoms with Gasteiger partial charge in [0.15, 0.2) is 0 Å². The van der Waals surface area contributed by atoms with E-state index in [0.29, 0.717) is 12.5 Å². The maximum absolute atomic E-state index is 12.5. The number of nitrogens with one attached hydrogen (secondary N) is 2. The summed E-state index contributed by atoms with van der Waals surface area (Å²) in [6, 6.07) is 13.3. The summed E-state index contributed by atoms with van der Waals surface area (Å²) in [7, 11) is 0. The van der Waals surface area contributed by atoms with Gasteiger partial charge in [-0.2, -0.15) is 0 Å². The molecule has 0 unspecified atom stereocenters. The van der Waals surface area contributed by atoms with Gasteiger partial charge >= 0.3 is 0 Å². The largest absolute Gasteiger partial charge is 0.395 e. The molecule has 0 atom stereocenters. The maximum Gasteiger partial charge on any atom is 0.244 e. The van der Waals surface area contributed by atoms with E-state index in [1.807, 2.05) is 54.0 Å². The number of amides is 1. The average Bonchev–Trinajstić information content (AvgIpc) is 2.94. The lowest BCUT2D eigenvalue weighted by Gasteiger charge is -2.11. The molecule has 6 nitrogen and oxygen atoms in total. The molecule has 0 saturated carbocycles. The highest BCUT2D eigenvalue weighted by Crippen LogP contribution is 2.22. The molecule has 0 radical (unpaired) electrons. The number of aliphatic hydroxyl groups excluding tert-OH is 1. The summed E-state index contributed by atoms with van der Waals surface area (Å²) in [4.78, 5) is 17.0. The number of aryl methyl sites for hydroxylation is 1. The molecule has 25 heavy (non-hydrogen) atoms. The third kappa shape index (κ3) is 4.00. The van der Waals surface area contributed by atoms with Crippen LogP contribution in [0.15, 0.2) is 46.9 Å². The van der Waals surface area contributed by atoms with Crippen LogP contribution >= 0.6 is 15.9 Å². The van der Waals surface area contributed by atoms with Crippen molar-refractivity contribution in [3.63, 3.8) is 0 Å². The van der Waals surface area contributed by atoms with Crippen molar-refractivity contribution in [1.82, 2.24) is 9.55 Å². The maximum atomic E-state index is 12.5. The van der Waals surface area contributed by atoms with Gasteiger partial charge in [-0.15, -0.1) is 0 Å². The van der Waals surface area contributed by atoms with Crippen LogP contribution in [0, 0.1) is 6.92 Å². The van der Waals surface area contributed by atoms with Crippen molar-refractivity contribution in [2.45, 2.75) is 13.5 Å². The molecule has 1 heterocycles. The van der Waals surface area contributed by atoms with Crippen LogP contribution in [0.2, 0.25) is 0 Å². The Morgan fingerprint density at radius 1 is 1.28 bits per heavy atom. The normalized spacial score (nSPS) is 10.8. The molecule has 0 spiro atoms. The molecule has 7 heteroatoms. The molecule has 0 aliphatic rings. The van der Waals surface area contributed by atoms with Crippen molar-refractivity contribution in [2.75, 3.05) is 23.8 Å². The number of aromatic nitrogens is 2. The van der Waals surface area contributed by atoms with Crippen LogP contribution in [0.5, 0.6) is 0 Å². The second-order valence-electron chi connectivity index (χ2n) is 5.67. The summed E-state index contributed by atoms with van der Waals surface area (Å²) in [5.74, 6) is 0.425. The van der Waals surface area contributed by atoms with Crippen molar-refractivity contribution in [3.8, 4) is 0 Å². The molecule has 3 rings (SSSR count). The predicted octanol–water partition coefficient (Wildman–Crippen LogP) is 3.15. The quantitative estimate of drug-likeness (QED) is 0.591. The van der Waals surface area contributed by atoms with Crippen molar-refractivity contribution < 1.29 is 9.90 Å². The molecule has 1 aromatic heterocycles. The minimum Gasteiger partial charge on any atom is -0.395 e. The molecule has 2 aromatic carbocycles. The van der Waals surface area contributed by atoms with Crippen LogP contribution in [0.1, 0.15) is 5.56 Å². The smallest absolute Gasteiger partial charge is 0.244 e. The Hall–Kier alpha value is -2.38. The van der Waals surface area contributed by atoms with E-state index in [1.165, 1.54) is 0 Å². The van der Waals surface area contributed by atoms with Gasteiger partial charge in [0.2, 0.25) is 11.9 Å². The SMILES string of the molecule is Cc1cc(NC(=O)Cn2c(NCCO)nc3ccccc32)ccc1Br. The number of carbonyl (C=O) groups is 1. The molecule has 0 saturated heterocycles. The number of nitrogens with zero attached hydrogens (tertiary/aromatic N) is 2. The standard InChI is InChI=1S/C18H19BrN4O2/c1-12-10-13(6-7-14(12)19)21-17(25)11-23-16-5-3-2-4-15(16)22-18(23)20-8-9-24/h2-7,10,24H,8-9,11H2,1H3,(H,20,22)(H,21,25). The molecular weight excluding hydrogens is 384 g/mol. The number of hydrogen-bond acceptors (Lipinski definition) is 4. The van der Waals surface area contributed by atoms with E-state index in [-0.39, 0.29) is 19.1 Å². The number of fused-ring (bicyclic) bond motifs is 1. The molecule has 0 aliphatic carbocycles. The van der Waals surface area contributed by atoms with Crippen molar-refractivity contribution in [1.29, 1.82) is 0 Å². The van der Waals surface area contributed by atoms with Gasteiger partial charge in [0.05, 0.1) is 17.6 Å². The Morgan fingerprint density at radius 2 is 2.08 bits per heavy atom. The minimum atomic E-state index is -0.142. The predicted molar refractivity (Wildman–Crippen MR) is 103 cm³/mol. The van der Waals surface area contributed by atoms with Crippen LogP contribution in [-0.2, 0) is 11.3 Å². The number of carbonyl (C=O) groups excluding carboxylic acids is 1. The molecule has 130 valence electrons. The van der Waals surface area contributed by atoms with E-state index in [9.17, 15) is 4.79 Å². The highest BCUT2D eigenvalue weighted by atomic mass is 79.9. The monoisotopic (exact) mass is 402 g/mol. The second-order valence-corrected chi connectivity index (χ2v) is 6.53. The van der Waals surface area contributed by atoms with Crippen LogP contribution < -0.4 is 10.6 Å². The van der Waals surface area contributed by atoms with Gasteiger partial charge < -0.3 is 20.3 Å². The summed E-state index contributed by atoms with van der Waals surface area (Å²) in [6.07, 6.45) is 0. The molecule has 0 fully saturated rings. The summed E-state index contributed by atoms with van der Waals surface area (Å²) in [5.41, 5.74) is 3.47. The number of anilines is 2. The summed E-state index contributed by atoms with van der Waals surface area (Å²) in [5, 5.41) is 15.0. The summed E-state index contributed by atoms with van der Waals surface area (Å²) < 4.78 is 2.81. The lowest BCUT2D eigenvalue weighted by Crippen LogP contribution is -2.21. The number of benzene rings is 2. The molecular formula is C18H19BrN4O2. The van der Waals surface area contributed by atoms with Crippen LogP contribution in [0.4, 0.5) is 11.6 Å². The summed E-state index contributed by atoms with van der Waals surface area (Å²) in [6.45, 7) is 2.47. The number of aliphatic hydroxyl groups is 1. The lowest BCUT2D eigenvalue weighted by molar-refractivity contribution is -0.116. The number of para-hydroxylation sites is 2. The minimum absolute atomic E-state index is 0.00638. The topological polar surface area (TPSA) is 79.2 Å². The van der Waals surface area contributed by atoms with Gasteiger partial charge in [0.25, 0.3) is 0 Å². The molecule has 0 aliphatic heterocycles. The summed E-state index contributed by atoms with van der Waals surface area (Å²) >= 11 is 3.45. The van der Waals surface area contributed by atoms with E-state index in [0.717, 1.165) is 26.8 Å². The third-order valence-corrected chi connectivity index (χ3v) is 4.68. The van der Waals surface area contributed by atoms with Gasteiger partial charge in [-0.25, -0.2) is 4.98 Å². The Morgan fingerprint density at radius 3 is 2.84 bits per heavy atom. The fraction of sp³-hybridized carbons (Fsp3) is 0.222. The van der Waals surface area contributed by atoms with Crippen molar-refractivity contribution in [3.05, 3.63) is 52.5 Å². The third-order valence-electron chi connectivity index (χ3n) is 3.79. The Labute approximate surface area is 154 Å². The number of hydrogen-bond donors (Lipinski definition) is 3. The van der Waals surface area contributed by atoms with Gasteiger partial charge in [-0.05, 0) is 42.8 Å². The zero-order valence-electron chi connectivity index (χ0n) is 13.8. The van der Waals surface area contributed by atoms with Crippen molar-refractivity contribution in [2.24, 2.45) is 0 Å². The fourth-order valence-electron chi connectivity index (χ4n) is 2.60. The highest BCUT2D eigenvalue weighted by molar-refractivity contribution is 9.10. The van der Waals surface area contributed by atoms with Gasteiger partial charge in [-0.1, -0.05) is 28.1 Å². The van der Waals surface area contributed by atoms with E-state index in [1.54, 1.807) is 0 Å². The fourth-order valence-corrected chi connectivity index (χ4v) is 2.85. The molecule has 3 aromatic rings. The highest BCUT2D eigenvalue weighted by Gasteiger charge is 2.13. The average molecular weight is 403 g/mol. The van der Waals surface area contributed by atoms with E-state index < -0.39 is 0 Å². The van der Waals surface area contributed by atoms with Crippen LogP contribution in [0.25, 0.3) is 11.0 Å². The van der Waals surface area contributed by atoms with Crippen LogP contribution in [0.3, 0.4) is 0 Å². The first-order valence-corrected chi connectivity index (χ1v) is 8.74. The Kier molecular flexibility index (Phi) is 5.35. The van der Waals surface area contributed by atoms with Gasteiger partial charge in [-0.3, -0.25) is 4.79 Å². The zero-order chi connectivity index (χ0) is 17.8. The first-order chi connectivity index (χ1) is 12.1. The molecule has 3 N–H and O–H groups in total. The number of rotatable bonds is 6. The van der Waals surface area contributed by atoms with Crippen LogP contribution in [-0.4, -0.2) is 33.7 Å². The number of imidazole rings is 1. The Balaban J connectivity index is 1.83. The van der Waals surface area contributed by atoms with Crippen molar-refractivity contribution >= 4 is 44.5 Å².